The fourth-order valence-corrected chi connectivity index (χ4v) is 0.236. The van der Waals surface area contributed by atoms with Gasteiger partial charge in [-0.3, -0.25) is 0 Å². The van der Waals surface area contributed by atoms with E-state index in [1.165, 1.54) is 0 Å². The molecule has 0 radical (unpaired) electrons. The van der Waals surface area contributed by atoms with Crippen molar-refractivity contribution >= 4 is 0 Å². The molecule has 0 heterocycles. The van der Waals surface area contributed by atoms with Crippen molar-refractivity contribution in [2.75, 3.05) is 0 Å². The fourth-order valence-electron chi connectivity index (χ4n) is 0.236. The van der Waals surface area contributed by atoms with E-state index in [-0.39, 0.29) is 5.92 Å². The molecule has 7 heavy (non-hydrogen) atoms. The van der Waals surface area contributed by atoms with Crippen molar-refractivity contribution in [1.82, 2.24) is 0 Å². The first-order chi connectivity index (χ1) is 3.18. The molecular weight excluding hydrogens is 88.1 g/mol. The van der Waals surface area contributed by atoms with Gasteiger partial charge in [-0.15, -0.1) is 0 Å². The second kappa shape index (κ2) is 2.67. The number of aliphatic hydroxyl groups excluding tert-OH is 1. The molecule has 1 nitrogen and oxygen atoms in total. The predicted molar refractivity (Wildman–Crippen MR) is 31.2 cm³/mol. The van der Waals surface area contributed by atoms with Crippen LogP contribution in [0.1, 0.15) is 20.3 Å². The Morgan fingerprint density at radius 1 is 1.86 bits per heavy atom. The van der Waals surface area contributed by atoms with Gasteiger partial charge in [-0.25, -0.2) is 0 Å². The highest BCUT2D eigenvalue weighted by molar-refractivity contribution is 4.84. The zero-order valence-electron chi connectivity index (χ0n) is 4.94. The molecule has 0 aliphatic heterocycles. The van der Waals surface area contributed by atoms with E-state index in [2.05, 4.69) is 6.58 Å². The summed E-state index contributed by atoms with van der Waals surface area (Å²) in [4.78, 5) is 0. The number of hydrogen-bond acceptors (Lipinski definition) is 1. The maximum atomic E-state index is 8.63. The Balaban J connectivity index is 3.34. The molecule has 1 atom stereocenters. The second-order valence-corrected chi connectivity index (χ2v) is 1.80. The monoisotopic (exact) mass is 100 g/mol. The quantitative estimate of drug-likeness (QED) is 0.527. The minimum Gasteiger partial charge on any atom is -0.513 e. The molecule has 0 aliphatic rings. The lowest BCUT2D eigenvalue weighted by Crippen LogP contribution is -1.93. The van der Waals surface area contributed by atoms with E-state index in [9.17, 15) is 0 Å². The van der Waals surface area contributed by atoms with Gasteiger partial charge in [-0.1, -0.05) is 20.4 Å². The third kappa shape index (κ3) is 2.26. The largest absolute Gasteiger partial charge is 0.513 e. The lowest BCUT2D eigenvalue weighted by atomic mass is 10.1. The topological polar surface area (TPSA) is 20.2 Å². The van der Waals surface area contributed by atoms with Crippen LogP contribution in [-0.4, -0.2) is 5.11 Å². The van der Waals surface area contributed by atoms with Gasteiger partial charge in [0.2, 0.25) is 0 Å². The van der Waals surface area contributed by atoms with Crippen LogP contribution in [0.5, 0.6) is 0 Å². The number of hydrogen-bond donors (Lipinski definition) is 1. The first-order valence-corrected chi connectivity index (χ1v) is 2.56. The Morgan fingerprint density at radius 3 is 2.29 bits per heavy atom. The molecule has 0 spiro atoms. The normalized spacial score (nSPS) is 13.4. The molecule has 0 aromatic heterocycles. The van der Waals surface area contributed by atoms with Crippen molar-refractivity contribution in [3.8, 4) is 0 Å². The van der Waals surface area contributed by atoms with Gasteiger partial charge in [0.05, 0.1) is 5.76 Å². The van der Waals surface area contributed by atoms with E-state index in [1.54, 1.807) is 0 Å². The van der Waals surface area contributed by atoms with Crippen LogP contribution >= 0.6 is 0 Å². The van der Waals surface area contributed by atoms with E-state index in [4.69, 9.17) is 5.11 Å². The summed E-state index contributed by atoms with van der Waals surface area (Å²) < 4.78 is 0. The van der Waals surface area contributed by atoms with Crippen LogP contribution in [0, 0.1) is 5.92 Å². The van der Waals surface area contributed by atoms with Crippen molar-refractivity contribution < 1.29 is 5.11 Å². The van der Waals surface area contributed by atoms with Crippen LogP contribution < -0.4 is 0 Å². The Kier molecular flexibility index (Phi) is 2.49. The van der Waals surface area contributed by atoms with E-state index < -0.39 is 0 Å². The van der Waals surface area contributed by atoms with Crippen LogP contribution in [0.15, 0.2) is 12.3 Å². The molecule has 0 fully saturated rings. The molecule has 0 aliphatic carbocycles. The highest BCUT2D eigenvalue weighted by Gasteiger charge is 1.97. The summed E-state index contributed by atoms with van der Waals surface area (Å²) >= 11 is 0. The maximum Gasteiger partial charge on any atom is 0.0879 e. The van der Waals surface area contributed by atoms with Crippen LogP contribution in [0.3, 0.4) is 0 Å². The van der Waals surface area contributed by atoms with Gasteiger partial charge in [0.1, 0.15) is 0 Å². The van der Waals surface area contributed by atoms with E-state index in [1.807, 2.05) is 13.8 Å². The second-order valence-electron chi connectivity index (χ2n) is 1.80. The summed E-state index contributed by atoms with van der Waals surface area (Å²) in [5.41, 5.74) is 0. The molecule has 42 valence electrons. The highest BCUT2D eigenvalue weighted by Crippen LogP contribution is 2.06. The fraction of sp³-hybridized carbons (Fsp3) is 0.667. The number of rotatable bonds is 2. The lowest BCUT2D eigenvalue weighted by Gasteiger charge is -2.02. The first kappa shape index (κ1) is 6.54. The predicted octanol–water partition coefficient (Wildman–Crippen LogP) is 2.10. The van der Waals surface area contributed by atoms with E-state index >= 15 is 0 Å². The molecule has 0 aromatic carbocycles. The first-order valence-electron chi connectivity index (χ1n) is 2.56. The van der Waals surface area contributed by atoms with E-state index in [0.717, 1.165) is 6.42 Å². The summed E-state index contributed by atoms with van der Waals surface area (Å²) in [5, 5.41) is 8.63. The summed E-state index contributed by atoms with van der Waals surface area (Å²) in [7, 11) is 0. The number of aliphatic hydroxyl groups is 1. The van der Waals surface area contributed by atoms with Gasteiger partial charge in [0.15, 0.2) is 0 Å². The summed E-state index contributed by atoms with van der Waals surface area (Å²) in [5.74, 6) is 0.558. The Morgan fingerprint density at radius 2 is 2.29 bits per heavy atom. The van der Waals surface area contributed by atoms with Crippen molar-refractivity contribution in [2.24, 2.45) is 5.92 Å². The number of allylic oxidation sites excluding steroid dienone is 1. The van der Waals surface area contributed by atoms with Crippen molar-refractivity contribution in [3.05, 3.63) is 12.3 Å². The smallest absolute Gasteiger partial charge is 0.0879 e. The standard InChI is InChI=1S/C6H12O/c1-4-5(2)6(3)7/h5,7H,3-4H2,1-2H3. The summed E-state index contributed by atoms with van der Waals surface area (Å²) in [6, 6.07) is 0. The van der Waals surface area contributed by atoms with Crippen molar-refractivity contribution in [2.45, 2.75) is 20.3 Å². The van der Waals surface area contributed by atoms with Crippen molar-refractivity contribution in [1.29, 1.82) is 0 Å². The Labute approximate surface area is 44.7 Å². The molecule has 0 aromatic rings. The summed E-state index contributed by atoms with van der Waals surface area (Å²) in [6.45, 7) is 7.35. The third-order valence-corrected chi connectivity index (χ3v) is 1.18. The zero-order chi connectivity index (χ0) is 5.86. The van der Waals surface area contributed by atoms with Crippen LogP contribution in [-0.2, 0) is 0 Å². The minimum atomic E-state index is 0.264. The lowest BCUT2D eigenvalue weighted by molar-refractivity contribution is 0.339. The molecule has 0 bridgehead atoms. The Bertz CT molecular complexity index is 66.6. The molecule has 0 amide bonds. The highest BCUT2D eigenvalue weighted by atomic mass is 16.3. The van der Waals surface area contributed by atoms with Gasteiger partial charge in [0, 0.05) is 5.92 Å². The zero-order valence-corrected chi connectivity index (χ0v) is 4.94. The average molecular weight is 100 g/mol. The molecule has 1 heteroatoms. The molecule has 0 saturated heterocycles. The van der Waals surface area contributed by atoms with Crippen molar-refractivity contribution in [3.63, 3.8) is 0 Å². The molecule has 0 rings (SSSR count). The van der Waals surface area contributed by atoms with E-state index in [0.29, 0.717) is 5.76 Å². The molecule has 1 N–H and O–H groups in total. The minimum absolute atomic E-state index is 0.264. The SMILES string of the molecule is C=C(O)C(C)CC. The van der Waals surface area contributed by atoms with Crippen LogP contribution in [0.2, 0.25) is 0 Å². The van der Waals surface area contributed by atoms with Gasteiger partial charge < -0.3 is 5.11 Å². The molecular formula is C6H12O. The summed E-state index contributed by atoms with van der Waals surface area (Å²) in [6.07, 6.45) is 0.968. The van der Waals surface area contributed by atoms with Crippen LogP contribution in [0.4, 0.5) is 0 Å². The Hall–Kier alpha value is -0.460. The molecule has 1 unspecified atom stereocenters. The van der Waals surface area contributed by atoms with Gasteiger partial charge in [-0.05, 0) is 6.42 Å². The third-order valence-electron chi connectivity index (χ3n) is 1.18. The molecule has 0 saturated carbocycles. The maximum absolute atomic E-state index is 8.63. The van der Waals surface area contributed by atoms with Crippen LogP contribution in [0.25, 0.3) is 0 Å². The average Bonchev–Trinajstić information content (AvgIpc) is 1.65. The van der Waals surface area contributed by atoms with Gasteiger partial charge in [-0.2, -0.15) is 0 Å². The van der Waals surface area contributed by atoms with Gasteiger partial charge in [0.25, 0.3) is 0 Å². The van der Waals surface area contributed by atoms with Gasteiger partial charge >= 0.3 is 0 Å².